The molecule has 3 nitrogen and oxygen atoms in total. The van der Waals surface area contributed by atoms with Gasteiger partial charge in [-0.3, -0.25) is 0 Å². The molecule has 1 aliphatic rings. The van der Waals surface area contributed by atoms with Crippen molar-refractivity contribution in [1.82, 2.24) is 0 Å². The zero-order valence-corrected chi connectivity index (χ0v) is 11.6. The van der Waals surface area contributed by atoms with Gasteiger partial charge in [-0.1, -0.05) is 6.07 Å². The summed E-state index contributed by atoms with van der Waals surface area (Å²) in [5.41, 5.74) is 2.55. The lowest BCUT2D eigenvalue weighted by Crippen LogP contribution is -2.32. The Hall–Kier alpha value is -1.06. The van der Waals surface area contributed by atoms with E-state index in [9.17, 15) is 5.11 Å². The van der Waals surface area contributed by atoms with Crippen LogP contribution in [0.4, 0.5) is 0 Å². The van der Waals surface area contributed by atoms with Crippen LogP contribution in [0.2, 0.25) is 0 Å². The fraction of sp³-hybridized carbons (Fsp3) is 0.600. The Bertz CT molecular complexity index is 434. The summed E-state index contributed by atoms with van der Waals surface area (Å²) in [6.07, 6.45) is 1.24. The summed E-state index contributed by atoms with van der Waals surface area (Å²) in [6, 6.07) is 4.03. The smallest absolute Gasteiger partial charge is 0.125 e. The van der Waals surface area contributed by atoms with Crippen LogP contribution < -0.4 is 4.74 Å². The highest BCUT2D eigenvalue weighted by atomic mass is 16.5. The van der Waals surface area contributed by atoms with Crippen molar-refractivity contribution in [2.75, 3.05) is 13.7 Å². The first-order valence-electron chi connectivity index (χ1n) is 6.45. The summed E-state index contributed by atoms with van der Waals surface area (Å²) in [4.78, 5) is 0. The zero-order chi connectivity index (χ0) is 13.3. The van der Waals surface area contributed by atoms with Gasteiger partial charge in [-0.25, -0.2) is 0 Å². The first-order valence-corrected chi connectivity index (χ1v) is 6.45. The SMILES string of the molecule is COc1cc(C)cc(C)c1C(O)C1(C)CCCO1. The number of aliphatic hydroxyl groups is 1. The molecule has 1 aromatic rings. The van der Waals surface area contributed by atoms with Crippen LogP contribution >= 0.6 is 0 Å². The van der Waals surface area contributed by atoms with E-state index in [1.54, 1.807) is 7.11 Å². The third kappa shape index (κ3) is 2.25. The van der Waals surface area contributed by atoms with Gasteiger partial charge in [0.1, 0.15) is 11.9 Å². The maximum atomic E-state index is 10.7. The molecule has 0 aromatic heterocycles. The van der Waals surface area contributed by atoms with Crippen LogP contribution in [-0.2, 0) is 4.74 Å². The second kappa shape index (κ2) is 4.90. The summed E-state index contributed by atoms with van der Waals surface area (Å²) >= 11 is 0. The van der Waals surface area contributed by atoms with E-state index in [0.29, 0.717) is 0 Å². The van der Waals surface area contributed by atoms with Crippen LogP contribution in [0.25, 0.3) is 0 Å². The molecule has 1 saturated heterocycles. The third-order valence-electron chi connectivity index (χ3n) is 3.81. The molecular weight excluding hydrogens is 228 g/mol. The molecule has 2 atom stereocenters. The van der Waals surface area contributed by atoms with Gasteiger partial charge in [0.25, 0.3) is 0 Å². The maximum Gasteiger partial charge on any atom is 0.125 e. The second-order valence-corrected chi connectivity index (χ2v) is 5.36. The number of aliphatic hydroxyl groups excluding tert-OH is 1. The van der Waals surface area contributed by atoms with Crippen molar-refractivity contribution in [2.24, 2.45) is 0 Å². The zero-order valence-electron chi connectivity index (χ0n) is 11.6. The first-order chi connectivity index (χ1) is 8.48. The molecule has 0 radical (unpaired) electrons. The number of rotatable bonds is 3. The molecule has 3 heteroatoms. The standard InChI is InChI=1S/C15H22O3/c1-10-8-11(2)13(12(9-10)17-4)14(16)15(3)6-5-7-18-15/h8-9,14,16H,5-7H2,1-4H3. The van der Waals surface area contributed by atoms with Crippen LogP contribution in [0.3, 0.4) is 0 Å². The number of hydrogen-bond acceptors (Lipinski definition) is 3. The van der Waals surface area contributed by atoms with E-state index in [0.717, 1.165) is 41.9 Å². The largest absolute Gasteiger partial charge is 0.496 e. The number of methoxy groups -OCH3 is 1. The van der Waals surface area contributed by atoms with Gasteiger partial charge in [0.05, 0.1) is 12.7 Å². The second-order valence-electron chi connectivity index (χ2n) is 5.36. The molecule has 0 amide bonds. The van der Waals surface area contributed by atoms with E-state index in [1.165, 1.54) is 0 Å². The van der Waals surface area contributed by atoms with Gasteiger partial charge < -0.3 is 14.6 Å². The fourth-order valence-corrected chi connectivity index (χ4v) is 2.78. The molecule has 1 aromatic carbocycles. The van der Waals surface area contributed by atoms with Crippen molar-refractivity contribution in [3.8, 4) is 5.75 Å². The minimum atomic E-state index is -0.643. The van der Waals surface area contributed by atoms with Gasteiger partial charge in [0, 0.05) is 12.2 Å². The molecule has 0 bridgehead atoms. The Balaban J connectivity index is 2.43. The molecule has 0 spiro atoms. The van der Waals surface area contributed by atoms with Crippen molar-refractivity contribution >= 4 is 0 Å². The number of ether oxygens (including phenoxy) is 2. The molecule has 0 aliphatic carbocycles. The molecule has 1 aliphatic heterocycles. The van der Waals surface area contributed by atoms with Gasteiger partial charge in [-0.05, 0) is 50.8 Å². The minimum absolute atomic E-state index is 0.493. The van der Waals surface area contributed by atoms with Crippen LogP contribution in [0, 0.1) is 13.8 Å². The van der Waals surface area contributed by atoms with Crippen molar-refractivity contribution < 1.29 is 14.6 Å². The number of hydrogen-bond donors (Lipinski definition) is 1. The highest BCUT2D eigenvalue weighted by molar-refractivity contribution is 5.45. The predicted molar refractivity (Wildman–Crippen MR) is 71.0 cm³/mol. The molecule has 2 rings (SSSR count). The summed E-state index contributed by atoms with van der Waals surface area (Å²) in [5, 5.41) is 10.7. The Kier molecular flexibility index (Phi) is 3.64. The monoisotopic (exact) mass is 250 g/mol. The molecular formula is C15H22O3. The fourth-order valence-electron chi connectivity index (χ4n) is 2.78. The number of aryl methyl sites for hydroxylation is 2. The van der Waals surface area contributed by atoms with Gasteiger partial charge in [0.2, 0.25) is 0 Å². The highest BCUT2D eigenvalue weighted by Crippen LogP contribution is 2.42. The van der Waals surface area contributed by atoms with E-state index in [1.807, 2.05) is 26.8 Å². The van der Waals surface area contributed by atoms with Crippen molar-refractivity contribution in [3.63, 3.8) is 0 Å². The maximum absolute atomic E-state index is 10.7. The highest BCUT2D eigenvalue weighted by Gasteiger charge is 2.40. The van der Waals surface area contributed by atoms with Gasteiger partial charge >= 0.3 is 0 Å². The van der Waals surface area contributed by atoms with Crippen LogP contribution in [0.15, 0.2) is 12.1 Å². The van der Waals surface area contributed by atoms with Crippen LogP contribution in [-0.4, -0.2) is 24.4 Å². The van der Waals surface area contributed by atoms with E-state index in [4.69, 9.17) is 9.47 Å². The van der Waals surface area contributed by atoms with E-state index in [2.05, 4.69) is 6.07 Å². The lowest BCUT2D eigenvalue weighted by Gasteiger charge is -2.31. The molecule has 1 fully saturated rings. The van der Waals surface area contributed by atoms with E-state index in [-0.39, 0.29) is 0 Å². The first kappa shape index (κ1) is 13.4. The van der Waals surface area contributed by atoms with E-state index >= 15 is 0 Å². The van der Waals surface area contributed by atoms with E-state index < -0.39 is 11.7 Å². The summed E-state index contributed by atoms with van der Waals surface area (Å²) in [5.74, 6) is 0.747. The lowest BCUT2D eigenvalue weighted by molar-refractivity contribution is -0.0805. The average Bonchev–Trinajstić information content (AvgIpc) is 2.75. The Morgan fingerprint density at radius 2 is 2.11 bits per heavy atom. The summed E-state index contributed by atoms with van der Waals surface area (Å²) in [6.45, 7) is 6.73. The summed E-state index contributed by atoms with van der Waals surface area (Å²) in [7, 11) is 1.64. The molecule has 100 valence electrons. The van der Waals surface area contributed by atoms with Crippen molar-refractivity contribution in [1.29, 1.82) is 0 Å². The lowest BCUT2D eigenvalue weighted by atomic mass is 9.87. The molecule has 1 heterocycles. The summed E-state index contributed by atoms with van der Waals surface area (Å²) < 4.78 is 11.2. The topological polar surface area (TPSA) is 38.7 Å². The quantitative estimate of drug-likeness (QED) is 0.896. The van der Waals surface area contributed by atoms with Gasteiger partial charge in [-0.15, -0.1) is 0 Å². The van der Waals surface area contributed by atoms with Gasteiger partial charge in [-0.2, -0.15) is 0 Å². The molecule has 2 unspecified atom stereocenters. The molecule has 0 saturated carbocycles. The normalized spacial score (nSPS) is 25.2. The average molecular weight is 250 g/mol. The van der Waals surface area contributed by atoms with Crippen LogP contribution in [0.1, 0.15) is 42.6 Å². The minimum Gasteiger partial charge on any atom is -0.496 e. The molecule has 18 heavy (non-hydrogen) atoms. The Morgan fingerprint density at radius 1 is 1.39 bits per heavy atom. The van der Waals surface area contributed by atoms with Crippen molar-refractivity contribution in [3.05, 3.63) is 28.8 Å². The van der Waals surface area contributed by atoms with Gasteiger partial charge in [0.15, 0.2) is 0 Å². The van der Waals surface area contributed by atoms with Crippen molar-refractivity contribution in [2.45, 2.75) is 45.3 Å². The Morgan fingerprint density at radius 3 is 2.67 bits per heavy atom. The predicted octanol–water partition coefficient (Wildman–Crippen LogP) is 2.91. The molecule has 1 N–H and O–H groups in total. The third-order valence-corrected chi connectivity index (χ3v) is 3.81. The van der Waals surface area contributed by atoms with Crippen LogP contribution in [0.5, 0.6) is 5.75 Å². The Labute approximate surface area is 109 Å². The number of benzene rings is 1.